The molecule has 0 saturated carbocycles. The number of carbonyl (C=O) groups excluding carboxylic acids is 1. The topological polar surface area (TPSA) is 26.3 Å². The Kier molecular flexibility index (Phi) is 6.48. The fraction of sp³-hybridized carbons (Fsp3) is 0.786. The molecule has 0 aliphatic carbocycles. The molecule has 0 fully saturated rings. The van der Waals surface area contributed by atoms with Crippen molar-refractivity contribution in [1.29, 1.82) is 0 Å². The van der Waals surface area contributed by atoms with Gasteiger partial charge in [0, 0.05) is 35.5 Å². The Hall–Kier alpha value is 0.0775. The van der Waals surface area contributed by atoms with Crippen LogP contribution in [-0.2, 0) is 9.53 Å². The van der Waals surface area contributed by atoms with Crippen molar-refractivity contribution in [2.45, 2.75) is 65.0 Å². The zero-order valence-electron chi connectivity index (χ0n) is 15.0. The first-order valence-corrected chi connectivity index (χ1v) is 23.2. The number of rotatable bonds is 7. The summed E-state index contributed by atoms with van der Waals surface area (Å²) in [6, 6.07) is 1.17. The Morgan fingerprint density at radius 2 is 1.25 bits per heavy atom. The number of esters is 1. The van der Waals surface area contributed by atoms with Crippen LogP contribution in [0, 0.1) is 0 Å². The molecule has 0 aliphatic rings. The zero-order chi connectivity index (χ0) is 16.4. The van der Waals surface area contributed by atoms with Crippen molar-refractivity contribution in [3.8, 4) is 0 Å². The smallest absolute Gasteiger partial charge is 0.330 e. The van der Waals surface area contributed by atoms with Crippen molar-refractivity contribution in [1.82, 2.24) is 0 Å². The maximum absolute atomic E-state index is 11.4. The van der Waals surface area contributed by atoms with E-state index >= 15 is 0 Å². The van der Waals surface area contributed by atoms with Crippen LogP contribution in [0.25, 0.3) is 0 Å². The zero-order valence-corrected chi connectivity index (χ0v) is 19.0. The number of hydrogen-bond acceptors (Lipinski definition) is 2. The highest BCUT2D eigenvalue weighted by atomic mass is 29.9. The molecule has 0 amide bonds. The van der Waals surface area contributed by atoms with E-state index in [0.29, 0.717) is 6.61 Å². The highest BCUT2D eigenvalue weighted by molar-refractivity contribution is 7.89. The van der Waals surface area contributed by atoms with Gasteiger partial charge in [-0.25, -0.2) is 4.79 Å². The average Bonchev–Trinajstić information content (AvgIpc) is 2.17. The van der Waals surface area contributed by atoms with Crippen LogP contribution in [0.5, 0.6) is 0 Å². The first-order valence-electron chi connectivity index (χ1n) is 7.50. The van der Waals surface area contributed by atoms with Crippen LogP contribution in [0.4, 0.5) is 0 Å². The summed E-state index contributed by atoms with van der Waals surface area (Å²) in [6.07, 6.45) is 1.28. The van der Waals surface area contributed by atoms with E-state index in [1.807, 2.05) is 0 Å². The molecule has 0 N–H and O–H groups in total. The van der Waals surface area contributed by atoms with E-state index in [1.54, 1.807) is 0 Å². The lowest BCUT2D eigenvalue weighted by atomic mass is 10.6. The van der Waals surface area contributed by atoms with Gasteiger partial charge in [-0.1, -0.05) is 65.5 Å². The second-order valence-corrected chi connectivity index (χ2v) is 50.3. The molecule has 0 saturated heterocycles. The summed E-state index contributed by atoms with van der Waals surface area (Å²) in [4.78, 5) is 11.4. The minimum atomic E-state index is -1.37. The largest absolute Gasteiger partial charge is 0.463 e. The quantitative estimate of drug-likeness (QED) is 0.387. The molecule has 0 aromatic heterocycles. The van der Waals surface area contributed by atoms with E-state index in [2.05, 4.69) is 65.5 Å². The van der Waals surface area contributed by atoms with Gasteiger partial charge in [-0.05, 0) is 6.04 Å². The van der Waals surface area contributed by atoms with E-state index in [9.17, 15) is 4.79 Å². The van der Waals surface area contributed by atoms with E-state index < -0.39 is 29.4 Å². The van der Waals surface area contributed by atoms with Gasteiger partial charge >= 0.3 is 5.97 Å². The minimum absolute atomic E-state index is 0.269. The molecular formula is C14H34O2Si4. The standard InChI is InChI=1S/C14H34O2Si4/c1-11-14(15)16-12-13-20(17(2,3)4,18(5,6)7)19(8,9)10/h11H,1,12-13H2,2-10H3. The van der Waals surface area contributed by atoms with Gasteiger partial charge in [-0.15, -0.1) is 0 Å². The van der Waals surface area contributed by atoms with Crippen LogP contribution in [-0.4, -0.2) is 42.0 Å². The van der Waals surface area contributed by atoms with Crippen LogP contribution in [0.1, 0.15) is 0 Å². The molecule has 0 radical (unpaired) electrons. The summed E-state index contributed by atoms with van der Waals surface area (Å²) in [5.74, 6) is -0.269. The van der Waals surface area contributed by atoms with Gasteiger partial charge in [0.2, 0.25) is 0 Å². The first-order chi connectivity index (χ1) is 8.70. The molecule has 0 aromatic carbocycles. The van der Waals surface area contributed by atoms with Crippen molar-refractivity contribution in [3.63, 3.8) is 0 Å². The van der Waals surface area contributed by atoms with Gasteiger partial charge in [-0.3, -0.25) is 0 Å². The lowest BCUT2D eigenvalue weighted by Gasteiger charge is -2.57. The molecule has 118 valence electrons. The van der Waals surface area contributed by atoms with Crippen molar-refractivity contribution >= 4 is 35.4 Å². The first kappa shape index (κ1) is 20.1. The van der Waals surface area contributed by atoms with Crippen LogP contribution in [0.2, 0.25) is 65.0 Å². The molecular weight excluding hydrogens is 312 g/mol. The third-order valence-electron chi connectivity index (χ3n) is 4.73. The number of carbonyl (C=O) groups is 1. The number of hydrogen-bond donors (Lipinski definition) is 0. The van der Waals surface area contributed by atoms with Gasteiger partial charge < -0.3 is 4.74 Å². The summed E-state index contributed by atoms with van der Waals surface area (Å²) in [6.45, 7) is 25.8. The van der Waals surface area contributed by atoms with E-state index in [-0.39, 0.29) is 5.97 Å². The Bertz CT molecular complexity index is 323. The molecule has 0 unspecified atom stereocenters. The van der Waals surface area contributed by atoms with Gasteiger partial charge in [0.05, 0.1) is 6.61 Å². The van der Waals surface area contributed by atoms with E-state index in [4.69, 9.17) is 4.74 Å². The molecule has 0 aliphatic heterocycles. The lowest BCUT2D eigenvalue weighted by molar-refractivity contribution is -0.137. The molecule has 0 heterocycles. The molecule has 0 spiro atoms. The summed E-state index contributed by atoms with van der Waals surface area (Å²) < 4.78 is 5.38. The molecule has 0 bridgehead atoms. The molecule has 0 rings (SSSR count). The Morgan fingerprint density at radius 3 is 1.50 bits per heavy atom. The van der Waals surface area contributed by atoms with Crippen molar-refractivity contribution < 1.29 is 9.53 Å². The SMILES string of the molecule is C=CC(=O)OCC[Si]([Si](C)(C)C)([Si](C)(C)C)[Si](C)(C)C. The van der Waals surface area contributed by atoms with Gasteiger partial charge in [0.15, 0.2) is 0 Å². The monoisotopic (exact) mass is 346 g/mol. The Morgan fingerprint density at radius 1 is 0.900 bits per heavy atom. The lowest BCUT2D eigenvalue weighted by Crippen LogP contribution is -2.82. The fourth-order valence-electron chi connectivity index (χ4n) is 4.86. The van der Waals surface area contributed by atoms with Gasteiger partial charge in [0.1, 0.15) is 0 Å². The van der Waals surface area contributed by atoms with Crippen LogP contribution in [0.3, 0.4) is 0 Å². The predicted molar refractivity (Wildman–Crippen MR) is 102 cm³/mol. The highest BCUT2D eigenvalue weighted by Crippen LogP contribution is 2.39. The van der Waals surface area contributed by atoms with Crippen LogP contribution >= 0.6 is 0 Å². The maximum atomic E-state index is 11.4. The van der Waals surface area contributed by atoms with Gasteiger partial charge in [0.25, 0.3) is 0 Å². The summed E-state index contributed by atoms with van der Waals surface area (Å²) in [7, 11) is -3.73. The predicted octanol–water partition coefficient (Wildman–Crippen LogP) is 4.41. The van der Waals surface area contributed by atoms with E-state index in [1.165, 1.54) is 12.1 Å². The number of ether oxygens (including phenoxy) is 1. The second kappa shape index (κ2) is 6.46. The third-order valence-corrected chi connectivity index (χ3v) is 79.2. The summed E-state index contributed by atoms with van der Waals surface area (Å²) in [5, 5.41) is 0. The maximum Gasteiger partial charge on any atom is 0.330 e. The van der Waals surface area contributed by atoms with Crippen molar-refractivity contribution in [3.05, 3.63) is 12.7 Å². The summed E-state index contributed by atoms with van der Waals surface area (Å²) in [5.41, 5.74) is 0. The van der Waals surface area contributed by atoms with Crippen LogP contribution in [0.15, 0.2) is 12.7 Å². The Labute approximate surface area is 129 Å². The molecule has 2 nitrogen and oxygen atoms in total. The third kappa shape index (κ3) is 4.05. The molecule has 6 heteroatoms. The normalized spacial score (nSPS) is 14.1. The fourth-order valence-corrected chi connectivity index (χ4v) is 103. The van der Waals surface area contributed by atoms with Gasteiger partial charge in [-0.2, -0.15) is 0 Å². The molecule has 0 aromatic rings. The Balaban J connectivity index is 5.57. The van der Waals surface area contributed by atoms with Crippen molar-refractivity contribution in [2.75, 3.05) is 6.61 Å². The van der Waals surface area contributed by atoms with Crippen molar-refractivity contribution in [2.24, 2.45) is 0 Å². The molecule has 0 atom stereocenters. The van der Waals surface area contributed by atoms with E-state index in [0.717, 1.165) is 0 Å². The average molecular weight is 347 g/mol. The second-order valence-electron chi connectivity index (χ2n) is 8.78. The highest BCUT2D eigenvalue weighted by Gasteiger charge is 2.60. The minimum Gasteiger partial charge on any atom is -0.463 e. The van der Waals surface area contributed by atoms with Crippen LogP contribution < -0.4 is 0 Å². The molecule has 20 heavy (non-hydrogen) atoms. The summed E-state index contributed by atoms with van der Waals surface area (Å²) >= 11 is 0.